The second-order valence-electron chi connectivity index (χ2n) is 6.54. The molecule has 0 aromatic carbocycles. The maximum absolute atomic E-state index is 12.4. The van der Waals surface area contributed by atoms with E-state index in [-0.39, 0.29) is 24.4 Å². The van der Waals surface area contributed by atoms with E-state index < -0.39 is 0 Å². The SMILES string of the molecule is CC1(C)CCCN(C(=O)C2CCCC2N)CC1.Cl. The van der Waals surface area contributed by atoms with Crippen LogP contribution in [0.3, 0.4) is 0 Å². The zero-order chi connectivity index (χ0) is 12.5. The Morgan fingerprint density at radius 1 is 1.17 bits per heavy atom. The van der Waals surface area contributed by atoms with Crippen LogP contribution in [0.2, 0.25) is 0 Å². The van der Waals surface area contributed by atoms with Gasteiger partial charge in [0.2, 0.25) is 5.91 Å². The summed E-state index contributed by atoms with van der Waals surface area (Å²) in [6.45, 7) is 6.48. The van der Waals surface area contributed by atoms with Crippen LogP contribution in [0.15, 0.2) is 0 Å². The van der Waals surface area contributed by atoms with Crippen LogP contribution < -0.4 is 5.73 Å². The van der Waals surface area contributed by atoms with E-state index in [9.17, 15) is 4.79 Å². The molecule has 0 aromatic rings. The molecule has 0 aromatic heterocycles. The minimum absolute atomic E-state index is 0. The van der Waals surface area contributed by atoms with E-state index in [2.05, 4.69) is 18.7 Å². The number of carbonyl (C=O) groups is 1. The molecule has 2 fully saturated rings. The Balaban J connectivity index is 0.00000162. The summed E-state index contributed by atoms with van der Waals surface area (Å²) >= 11 is 0. The number of rotatable bonds is 1. The molecule has 4 heteroatoms. The molecule has 0 radical (unpaired) electrons. The highest BCUT2D eigenvalue weighted by Gasteiger charge is 2.34. The highest BCUT2D eigenvalue weighted by molar-refractivity contribution is 5.85. The molecule has 1 aliphatic carbocycles. The van der Waals surface area contributed by atoms with Crippen LogP contribution in [0.5, 0.6) is 0 Å². The van der Waals surface area contributed by atoms with E-state index in [1.807, 2.05) is 0 Å². The summed E-state index contributed by atoms with van der Waals surface area (Å²) in [5.41, 5.74) is 6.43. The number of amides is 1. The predicted octanol–water partition coefficient (Wildman–Crippen LogP) is 2.57. The second-order valence-corrected chi connectivity index (χ2v) is 6.54. The third kappa shape index (κ3) is 3.61. The predicted molar refractivity (Wildman–Crippen MR) is 76.8 cm³/mol. The van der Waals surface area contributed by atoms with Gasteiger partial charge in [-0.2, -0.15) is 0 Å². The van der Waals surface area contributed by atoms with Gasteiger partial charge >= 0.3 is 0 Å². The Morgan fingerprint density at radius 2 is 1.89 bits per heavy atom. The molecule has 2 atom stereocenters. The molecular formula is C14H27ClN2O. The van der Waals surface area contributed by atoms with Crippen molar-refractivity contribution in [3.63, 3.8) is 0 Å². The highest BCUT2D eigenvalue weighted by Crippen LogP contribution is 2.32. The molecule has 2 rings (SSSR count). The van der Waals surface area contributed by atoms with E-state index in [0.717, 1.165) is 45.2 Å². The van der Waals surface area contributed by atoms with Gasteiger partial charge in [-0.05, 0) is 37.5 Å². The van der Waals surface area contributed by atoms with E-state index in [4.69, 9.17) is 5.73 Å². The fraction of sp³-hybridized carbons (Fsp3) is 0.929. The lowest BCUT2D eigenvalue weighted by atomic mass is 9.85. The zero-order valence-electron chi connectivity index (χ0n) is 11.7. The number of carbonyl (C=O) groups excluding carboxylic acids is 1. The highest BCUT2D eigenvalue weighted by atomic mass is 35.5. The third-order valence-corrected chi connectivity index (χ3v) is 4.54. The fourth-order valence-corrected chi connectivity index (χ4v) is 3.17. The monoisotopic (exact) mass is 274 g/mol. The summed E-state index contributed by atoms with van der Waals surface area (Å²) in [6, 6.07) is 0.110. The molecule has 2 N–H and O–H groups in total. The van der Waals surface area contributed by atoms with Gasteiger partial charge in [0, 0.05) is 19.1 Å². The van der Waals surface area contributed by atoms with Crippen LogP contribution in [-0.2, 0) is 4.79 Å². The Morgan fingerprint density at radius 3 is 2.50 bits per heavy atom. The van der Waals surface area contributed by atoms with E-state index in [1.54, 1.807) is 0 Å². The third-order valence-electron chi connectivity index (χ3n) is 4.54. The van der Waals surface area contributed by atoms with Crippen molar-refractivity contribution >= 4 is 18.3 Å². The fourth-order valence-electron chi connectivity index (χ4n) is 3.17. The lowest BCUT2D eigenvalue weighted by molar-refractivity contribution is -0.135. The van der Waals surface area contributed by atoms with Crippen LogP contribution in [0.4, 0.5) is 0 Å². The molecule has 1 amide bonds. The van der Waals surface area contributed by atoms with Crippen molar-refractivity contribution in [2.75, 3.05) is 13.1 Å². The first-order valence-electron chi connectivity index (χ1n) is 7.04. The number of nitrogens with two attached hydrogens (primary N) is 1. The number of nitrogens with zero attached hydrogens (tertiary/aromatic N) is 1. The Bertz CT molecular complexity index is 294. The Labute approximate surface area is 117 Å². The van der Waals surface area contributed by atoms with Gasteiger partial charge in [-0.3, -0.25) is 4.79 Å². The number of likely N-dealkylation sites (tertiary alicyclic amines) is 1. The molecule has 1 aliphatic heterocycles. The summed E-state index contributed by atoms with van der Waals surface area (Å²) < 4.78 is 0. The van der Waals surface area contributed by atoms with Gasteiger partial charge < -0.3 is 10.6 Å². The first kappa shape index (κ1) is 15.8. The lowest BCUT2D eigenvalue weighted by Gasteiger charge is -2.27. The van der Waals surface area contributed by atoms with Gasteiger partial charge in [0.1, 0.15) is 0 Å². The van der Waals surface area contributed by atoms with Crippen molar-refractivity contribution in [3.05, 3.63) is 0 Å². The minimum Gasteiger partial charge on any atom is -0.342 e. The average molecular weight is 275 g/mol. The second kappa shape index (κ2) is 6.25. The van der Waals surface area contributed by atoms with Crippen molar-refractivity contribution in [3.8, 4) is 0 Å². The average Bonchev–Trinajstić information content (AvgIpc) is 2.59. The number of hydrogen-bond donors (Lipinski definition) is 1. The van der Waals surface area contributed by atoms with Crippen molar-refractivity contribution < 1.29 is 4.79 Å². The molecular weight excluding hydrogens is 248 g/mol. The normalized spacial score (nSPS) is 31.6. The van der Waals surface area contributed by atoms with Gasteiger partial charge in [-0.1, -0.05) is 20.3 Å². The van der Waals surface area contributed by atoms with Crippen molar-refractivity contribution in [2.45, 2.75) is 58.4 Å². The maximum atomic E-state index is 12.4. The van der Waals surface area contributed by atoms with Gasteiger partial charge in [0.25, 0.3) is 0 Å². The summed E-state index contributed by atoms with van der Waals surface area (Å²) in [5, 5.41) is 0. The van der Waals surface area contributed by atoms with Crippen molar-refractivity contribution in [1.29, 1.82) is 0 Å². The standard InChI is InChI=1S/C14H26N2O.ClH/c1-14(2)7-4-9-16(10-8-14)13(17)11-5-3-6-12(11)15;/h11-12H,3-10,15H2,1-2H3;1H. The molecule has 0 bridgehead atoms. The topological polar surface area (TPSA) is 46.3 Å². The Kier molecular flexibility index (Phi) is 5.47. The van der Waals surface area contributed by atoms with E-state index >= 15 is 0 Å². The first-order chi connectivity index (χ1) is 7.99. The van der Waals surface area contributed by atoms with E-state index in [1.165, 1.54) is 6.42 Å². The van der Waals surface area contributed by atoms with Crippen LogP contribution >= 0.6 is 12.4 Å². The summed E-state index contributed by atoms with van der Waals surface area (Å²) in [7, 11) is 0. The molecule has 1 saturated carbocycles. The van der Waals surface area contributed by atoms with Gasteiger partial charge in [-0.25, -0.2) is 0 Å². The smallest absolute Gasteiger partial charge is 0.227 e. The largest absolute Gasteiger partial charge is 0.342 e. The van der Waals surface area contributed by atoms with Crippen LogP contribution in [0.25, 0.3) is 0 Å². The molecule has 1 heterocycles. The minimum atomic E-state index is 0. The molecule has 106 valence electrons. The van der Waals surface area contributed by atoms with E-state index in [0.29, 0.717) is 11.3 Å². The zero-order valence-corrected chi connectivity index (χ0v) is 12.5. The molecule has 0 spiro atoms. The van der Waals surface area contributed by atoms with Gasteiger partial charge in [0.15, 0.2) is 0 Å². The van der Waals surface area contributed by atoms with Crippen LogP contribution in [-0.4, -0.2) is 29.9 Å². The maximum Gasteiger partial charge on any atom is 0.227 e. The van der Waals surface area contributed by atoms with Crippen LogP contribution in [0, 0.1) is 11.3 Å². The quantitative estimate of drug-likeness (QED) is 0.799. The molecule has 18 heavy (non-hydrogen) atoms. The first-order valence-corrected chi connectivity index (χ1v) is 7.04. The number of hydrogen-bond acceptors (Lipinski definition) is 2. The molecule has 1 saturated heterocycles. The molecule has 2 unspecified atom stereocenters. The number of halogens is 1. The summed E-state index contributed by atoms with van der Waals surface area (Å²) in [4.78, 5) is 14.5. The van der Waals surface area contributed by atoms with Crippen molar-refractivity contribution in [2.24, 2.45) is 17.1 Å². The molecule has 3 nitrogen and oxygen atoms in total. The van der Waals surface area contributed by atoms with Crippen molar-refractivity contribution in [1.82, 2.24) is 4.90 Å². The van der Waals surface area contributed by atoms with Gasteiger partial charge in [0.05, 0.1) is 5.92 Å². The van der Waals surface area contributed by atoms with Gasteiger partial charge in [-0.15, -0.1) is 12.4 Å². The van der Waals surface area contributed by atoms with Crippen LogP contribution in [0.1, 0.15) is 52.4 Å². The summed E-state index contributed by atoms with van der Waals surface area (Å²) in [6.07, 6.45) is 6.64. The Hall–Kier alpha value is -0.280. The lowest BCUT2D eigenvalue weighted by Crippen LogP contribution is -2.42. The summed E-state index contributed by atoms with van der Waals surface area (Å²) in [5.74, 6) is 0.434. The molecule has 2 aliphatic rings.